The Bertz CT molecular complexity index is 505. The third kappa shape index (κ3) is 3.60. The molecule has 7 nitrogen and oxygen atoms in total. The van der Waals surface area contributed by atoms with Crippen LogP contribution in [0, 0.1) is 5.92 Å². The standard InChI is InChI=1S/C12H15N3O4S/c1-2-19-11(16)7-20-10-4-13-3-9(14-10)15-5-8(6-15)12(17)18/h3-4,8H,2,5-7H2,1H3,(H,17,18). The van der Waals surface area contributed by atoms with Crippen LogP contribution in [0.15, 0.2) is 17.4 Å². The first-order valence-corrected chi connectivity index (χ1v) is 7.17. The highest BCUT2D eigenvalue weighted by Crippen LogP contribution is 2.24. The fourth-order valence-corrected chi connectivity index (χ4v) is 2.36. The van der Waals surface area contributed by atoms with Gasteiger partial charge in [-0.2, -0.15) is 0 Å². The number of aliphatic carboxylic acids is 1. The van der Waals surface area contributed by atoms with Gasteiger partial charge in [-0.3, -0.25) is 14.6 Å². The summed E-state index contributed by atoms with van der Waals surface area (Å²) in [7, 11) is 0. The molecular weight excluding hydrogens is 282 g/mol. The largest absolute Gasteiger partial charge is 0.481 e. The van der Waals surface area contributed by atoms with E-state index in [1.54, 1.807) is 19.3 Å². The summed E-state index contributed by atoms with van der Waals surface area (Å²) in [5, 5.41) is 9.45. The van der Waals surface area contributed by atoms with Gasteiger partial charge in [-0.05, 0) is 6.92 Å². The average Bonchev–Trinajstić information content (AvgIpc) is 2.35. The van der Waals surface area contributed by atoms with Crippen LogP contribution < -0.4 is 4.90 Å². The lowest BCUT2D eigenvalue weighted by molar-refractivity contribution is -0.142. The number of nitrogens with zero attached hydrogens (tertiary/aromatic N) is 3. The van der Waals surface area contributed by atoms with Crippen LogP contribution in [0.1, 0.15) is 6.92 Å². The number of carboxylic acids is 1. The Morgan fingerprint density at radius 3 is 2.90 bits per heavy atom. The van der Waals surface area contributed by atoms with Gasteiger partial charge in [0, 0.05) is 13.1 Å². The monoisotopic (exact) mass is 297 g/mol. The van der Waals surface area contributed by atoms with E-state index in [1.165, 1.54) is 11.8 Å². The molecule has 1 aromatic rings. The number of carbonyl (C=O) groups excluding carboxylic acids is 1. The van der Waals surface area contributed by atoms with Crippen LogP contribution in [-0.2, 0) is 14.3 Å². The van der Waals surface area contributed by atoms with E-state index in [0.717, 1.165) is 0 Å². The molecule has 2 rings (SSSR count). The molecule has 1 aliphatic rings. The highest BCUT2D eigenvalue weighted by atomic mass is 32.2. The Morgan fingerprint density at radius 2 is 2.25 bits per heavy atom. The van der Waals surface area contributed by atoms with E-state index in [4.69, 9.17) is 9.84 Å². The van der Waals surface area contributed by atoms with Gasteiger partial charge in [0.2, 0.25) is 0 Å². The van der Waals surface area contributed by atoms with Crippen LogP contribution in [0.2, 0.25) is 0 Å². The van der Waals surface area contributed by atoms with Crippen LogP contribution in [-0.4, -0.2) is 52.5 Å². The van der Waals surface area contributed by atoms with Crippen molar-refractivity contribution in [1.29, 1.82) is 0 Å². The van der Waals surface area contributed by atoms with E-state index in [0.29, 0.717) is 30.5 Å². The van der Waals surface area contributed by atoms with Crippen molar-refractivity contribution in [1.82, 2.24) is 9.97 Å². The van der Waals surface area contributed by atoms with Crippen molar-refractivity contribution < 1.29 is 19.4 Å². The number of carbonyl (C=O) groups is 2. The van der Waals surface area contributed by atoms with Crippen LogP contribution >= 0.6 is 11.8 Å². The predicted octanol–water partition coefficient (Wildman–Crippen LogP) is 0.653. The number of carboxylic acid groups (broad SMARTS) is 1. The van der Waals surface area contributed by atoms with E-state index in [9.17, 15) is 9.59 Å². The minimum Gasteiger partial charge on any atom is -0.481 e. The van der Waals surface area contributed by atoms with Gasteiger partial charge in [-0.25, -0.2) is 4.98 Å². The Kier molecular flexibility index (Phi) is 4.78. The van der Waals surface area contributed by atoms with Crippen molar-refractivity contribution in [2.24, 2.45) is 5.92 Å². The second kappa shape index (κ2) is 6.56. The van der Waals surface area contributed by atoms with Gasteiger partial charge < -0.3 is 14.7 Å². The van der Waals surface area contributed by atoms with E-state index in [-0.39, 0.29) is 17.6 Å². The summed E-state index contributed by atoms with van der Waals surface area (Å²) in [4.78, 5) is 32.3. The molecule has 0 aromatic carbocycles. The Hall–Kier alpha value is -1.83. The molecular formula is C12H15N3O4S. The van der Waals surface area contributed by atoms with E-state index in [2.05, 4.69) is 9.97 Å². The number of aromatic nitrogens is 2. The normalized spacial score (nSPS) is 14.8. The van der Waals surface area contributed by atoms with Crippen molar-refractivity contribution in [3.8, 4) is 0 Å². The smallest absolute Gasteiger partial charge is 0.316 e. The highest BCUT2D eigenvalue weighted by Gasteiger charge is 2.33. The summed E-state index contributed by atoms with van der Waals surface area (Å²) >= 11 is 1.25. The van der Waals surface area contributed by atoms with Crippen molar-refractivity contribution in [2.45, 2.75) is 11.9 Å². The van der Waals surface area contributed by atoms with Crippen LogP contribution in [0.25, 0.3) is 0 Å². The first-order valence-electron chi connectivity index (χ1n) is 6.18. The van der Waals surface area contributed by atoms with Crippen LogP contribution in [0.5, 0.6) is 0 Å². The number of rotatable bonds is 6. The zero-order valence-corrected chi connectivity index (χ0v) is 11.8. The maximum Gasteiger partial charge on any atom is 0.316 e. The van der Waals surface area contributed by atoms with Gasteiger partial charge in [0.1, 0.15) is 10.8 Å². The molecule has 1 saturated heterocycles. The minimum atomic E-state index is -0.790. The van der Waals surface area contributed by atoms with Crippen molar-refractivity contribution in [2.75, 3.05) is 30.3 Å². The predicted molar refractivity (Wildman–Crippen MR) is 72.7 cm³/mol. The Labute approximate surface area is 120 Å². The molecule has 8 heteroatoms. The quantitative estimate of drug-likeness (QED) is 0.604. The molecule has 108 valence electrons. The summed E-state index contributed by atoms with van der Waals surface area (Å²) in [6.45, 7) is 2.99. The number of thioether (sulfide) groups is 1. The van der Waals surface area contributed by atoms with Gasteiger partial charge in [-0.1, -0.05) is 11.8 Å². The Balaban J connectivity index is 1.89. The number of hydrogen-bond donors (Lipinski definition) is 1. The molecule has 2 heterocycles. The van der Waals surface area contributed by atoms with Gasteiger partial charge in [0.15, 0.2) is 0 Å². The first-order chi connectivity index (χ1) is 9.60. The third-order valence-corrected chi connectivity index (χ3v) is 3.67. The molecule has 1 N–H and O–H groups in total. The summed E-state index contributed by atoms with van der Waals surface area (Å²) in [6.07, 6.45) is 3.16. The number of hydrogen-bond acceptors (Lipinski definition) is 7. The Morgan fingerprint density at radius 1 is 1.50 bits per heavy atom. The molecule has 0 bridgehead atoms. The molecule has 0 aliphatic carbocycles. The second-order valence-electron chi connectivity index (χ2n) is 4.25. The van der Waals surface area contributed by atoms with Crippen molar-refractivity contribution in [3.63, 3.8) is 0 Å². The van der Waals surface area contributed by atoms with Crippen molar-refractivity contribution in [3.05, 3.63) is 12.4 Å². The summed E-state index contributed by atoms with van der Waals surface area (Å²) in [6, 6.07) is 0. The number of ether oxygens (including phenoxy) is 1. The second-order valence-corrected chi connectivity index (χ2v) is 5.24. The topological polar surface area (TPSA) is 92.6 Å². The number of esters is 1. The van der Waals surface area contributed by atoms with E-state index in [1.807, 2.05) is 4.90 Å². The molecule has 0 radical (unpaired) electrons. The zero-order valence-electron chi connectivity index (χ0n) is 11.0. The van der Waals surface area contributed by atoms with Crippen LogP contribution in [0.4, 0.5) is 5.82 Å². The molecule has 0 spiro atoms. The zero-order chi connectivity index (χ0) is 14.5. The molecule has 0 unspecified atom stereocenters. The number of anilines is 1. The lowest BCUT2D eigenvalue weighted by Gasteiger charge is -2.37. The first kappa shape index (κ1) is 14.6. The highest BCUT2D eigenvalue weighted by molar-refractivity contribution is 7.99. The fourth-order valence-electron chi connectivity index (χ4n) is 1.72. The molecule has 0 atom stereocenters. The van der Waals surface area contributed by atoms with Gasteiger partial charge in [0.05, 0.1) is 30.7 Å². The van der Waals surface area contributed by atoms with E-state index < -0.39 is 5.97 Å². The molecule has 20 heavy (non-hydrogen) atoms. The van der Waals surface area contributed by atoms with Gasteiger partial charge in [0.25, 0.3) is 0 Å². The maximum atomic E-state index is 11.3. The third-order valence-electron chi connectivity index (χ3n) is 2.80. The van der Waals surface area contributed by atoms with Crippen LogP contribution in [0.3, 0.4) is 0 Å². The molecule has 1 aromatic heterocycles. The average molecular weight is 297 g/mol. The van der Waals surface area contributed by atoms with Crippen molar-refractivity contribution >= 4 is 29.5 Å². The molecule has 0 amide bonds. The summed E-state index contributed by atoms with van der Waals surface area (Å²) in [5.41, 5.74) is 0. The molecule has 1 aliphatic heterocycles. The lowest BCUT2D eigenvalue weighted by atomic mass is 10.0. The van der Waals surface area contributed by atoms with E-state index >= 15 is 0 Å². The summed E-state index contributed by atoms with van der Waals surface area (Å²) < 4.78 is 4.83. The maximum absolute atomic E-state index is 11.3. The SMILES string of the molecule is CCOC(=O)CSc1cncc(N2CC(C(=O)O)C2)n1. The summed E-state index contributed by atoms with van der Waals surface area (Å²) in [5.74, 6) is -0.602. The van der Waals surface area contributed by atoms with Gasteiger partial charge >= 0.3 is 11.9 Å². The van der Waals surface area contributed by atoms with Gasteiger partial charge in [-0.15, -0.1) is 0 Å². The fraction of sp³-hybridized carbons (Fsp3) is 0.500. The lowest BCUT2D eigenvalue weighted by Crippen LogP contribution is -2.50. The minimum absolute atomic E-state index is 0.184. The molecule has 0 saturated carbocycles. The molecule has 1 fully saturated rings.